The number of hydrogen-bond donors (Lipinski definition) is 5. The molecule has 1 aliphatic heterocycles. The van der Waals surface area contributed by atoms with Crippen LogP contribution < -0.4 is 16.4 Å². The SMILES string of the molecule is CC(C)(C)NP(=O)(OCCSC(=O)C(C)(C)COC(c1ccccc1)(c1ccccc1)c1ccccc1)OC[C@H]1O[C@@H](n2cnc3c(=O)[nH]c(N)nc32)[C@](C)(O)[C@@H]1O. The lowest BCUT2D eigenvalue weighted by molar-refractivity contribution is -0.124. The molecule has 3 heterocycles. The van der Waals surface area contributed by atoms with Crippen molar-refractivity contribution < 1.29 is 38.1 Å². The number of fused-ring (bicyclic) bond motifs is 1. The van der Waals surface area contributed by atoms with Gasteiger partial charge in [0.25, 0.3) is 5.56 Å². The van der Waals surface area contributed by atoms with Crippen LogP contribution in [0, 0.1) is 5.41 Å². The summed E-state index contributed by atoms with van der Waals surface area (Å²) >= 11 is 1.03. The van der Waals surface area contributed by atoms with Crippen molar-refractivity contribution in [1.29, 1.82) is 0 Å². The molecule has 0 aliphatic carbocycles. The first-order valence-corrected chi connectivity index (χ1v) is 21.3. The summed E-state index contributed by atoms with van der Waals surface area (Å²) in [6.45, 7) is 9.82. The monoisotopic (exact) mass is 834 g/mol. The average Bonchev–Trinajstić information content (AvgIpc) is 3.70. The summed E-state index contributed by atoms with van der Waals surface area (Å²) in [7, 11) is -4.10. The summed E-state index contributed by atoms with van der Waals surface area (Å²) in [4.78, 5) is 36.7. The predicted octanol–water partition coefficient (Wildman–Crippen LogP) is 5.54. The van der Waals surface area contributed by atoms with E-state index in [4.69, 9.17) is 24.3 Å². The first-order chi connectivity index (χ1) is 27.4. The number of nitrogens with two attached hydrogens (primary N) is 1. The molecule has 1 aliphatic rings. The minimum absolute atomic E-state index is 0.0355. The number of carbonyl (C=O) groups is 1. The molecule has 0 radical (unpaired) electrons. The fourth-order valence-electron chi connectivity index (χ4n) is 6.78. The number of ether oxygens (including phenoxy) is 2. The van der Waals surface area contributed by atoms with Gasteiger partial charge in [-0.2, -0.15) is 4.98 Å². The third-order valence-corrected chi connectivity index (χ3v) is 12.8. The van der Waals surface area contributed by atoms with E-state index in [1.807, 2.05) is 105 Å². The number of anilines is 1. The van der Waals surface area contributed by atoms with Gasteiger partial charge in [-0.3, -0.25) is 28.2 Å². The Morgan fingerprint density at radius 2 is 1.53 bits per heavy atom. The highest BCUT2D eigenvalue weighted by Crippen LogP contribution is 2.48. The molecule has 5 atom stereocenters. The Bertz CT molecular complexity index is 2190. The van der Waals surface area contributed by atoms with Gasteiger partial charge in [-0.05, 0) is 58.2 Å². The molecule has 58 heavy (non-hydrogen) atoms. The number of aromatic nitrogens is 4. The summed E-state index contributed by atoms with van der Waals surface area (Å²) < 4.78 is 40.0. The molecule has 17 heteroatoms. The third-order valence-electron chi connectivity index (χ3n) is 9.66. The number of aliphatic hydroxyl groups is 2. The van der Waals surface area contributed by atoms with E-state index in [1.54, 1.807) is 20.8 Å². The first kappa shape index (κ1) is 43.4. The zero-order valence-electron chi connectivity index (χ0n) is 33.3. The Kier molecular flexibility index (Phi) is 12.8. The van der Waals surface area contributed by atoms with Crippen LogP contribution in [0.1, 0.15) is 64.5 Å². The lowest BCUT2D eigenvalue weighted by Gasteiger charge is -2.38. The Hall–Kier alpha value is -4.22. The molecule has 1 fully saturated rings. The highest BCUT2D eigenvalue weighted by atomic mass is 32.2. The van der Waals surface area contributed by atoms with Crippen molar-refractivity contribution in [3.05, 3.63) is 124 Å². The van der Waals surface area contributed by atoms with Crippen LogP contribution in [0.5, 0.6) is 0 Å². The number of carbonyl (C=O) groups excluding carboxylic acids is 1. The molecular formula is C41H51N6O9PS. The van der Waals surface area contributed by atoms with Gasteiger partial charge in [0.15, 0.2) is 22.5 Å². The highest BCUT2D eigenvalue weighted by Gasteiger charge is 2.54. The molecule has 5 aromatic rings. The molecule has 2 aromatic heterocycles. The molecule has 0 amide bonds. The zero-order chi connectivity index (χ0) is 41.9. The second kappa shape index (κ2) is 17.2. The van der Waals surface area contributed by atoms with Gasteiger partial charge < -0.3 is 25.4 Å². The molecule has 6 N–H and O–H groups in total. The molecule has 15 nitrogen and oxygen atoms in total. The predicted molar refractivity (Wildman–Crippen MR) is 222 cm³/mol. The third kappa shape index (κ3) is 9.31. The van der Waals surface area contributed by atoms with Crippen LogP contribution in [0.3, 0.4) is 0 Å². The number of thioether (sulfide) groups is 1. The number of rotatable bonds is 16. The van der Waals surface area contributed by atoms with Crippen LogP contribution in [-0.4, -0.2) is 83.8 Å². The van der Waals surface area contributed by atoms with Gasteiger partial charge in [0.2, 0.25) is 5.95 Å². The van der Waals surface area contributed by atoms with Gasteiger partial charge in [0.05, 0.1) is 31.6 Å². The van der Waals surface area contributed by atoms with Crippen LogP contribution in [0.4, 0.5) is 5.95 Å². The van der Waals surface area contributed by atoms with Crippen molar-refractivity contribution >= 4 is 41.7 Å². The van der Waals surface area contributed by atoms with E-state index in [1.165, 1.54) is 17.8 Å². The van der Waals surface area contributed by atoms with E-state index in [0.717, 1.165) is 28.5 Å². The Balaban J connectivity index is 1.11. The maximum atomic E-state index is 14.1. The second-order valence-electron chi connectivity index (χ2n) is 16.0. The average molecular weight is 835 g/mol. The summed E-state index contributed by atoms with van der Waals surface area (Å²) in [6.07, 6.45) is -2.74. The Labute approximate surface area is 341 Å². The van der Waals surface area contributed by atoms with Gasteiger partial charge in [-0.15, -0.1) is 0 Å². The topological polar surface area (TPSA) is 213 Å². The molecule has 1 unspecified atom stereocenters. The van der Waals surface area contributed by atoms with Gasteiger partial charge in [0, 0.05) is 11.3 Å². The van der Waals surface area contributed by atoms with E-state index in [2.05, 4.69) is 20.0 Å². The summed E-state index contributed by atoms with van der Waals surface area (Å²) in [5, 5.41) is 25.2. The van der Waals surface area contributed by atoms with Crippen molar-refractivity contribution in [2.75, 3.05) is 31.3 Å². The van der Waals surface area contributed by atoms with Gasteiger partial charge in [0.1, 0.15) is 23.4 Å². The smallest absolute Gasteiger partial charge is 0.387 e. The molecular weight excluding hydrogens is 784 g/mol. The van der Waals surface area contributed by atoms with Crippen molar-refractivity contribution in [2.45, 2.75) is 76.7 Å². The minimum atomic E-state index is -4.10. The van der Waals surface area contributed by atoms with E-state index < -0.39 is 60.5 Å². The number of nitrogens with zero attached hydrogens (tertiary/aromatic N) is 3. The Morgan fingerprint density at radius 3 is 2.07 bits per heavy atom. The largest absolute Gasteiger partial charge is 0.406 e. The number of H-pyrrole nitrogens is 1. The van der Waals surface area contributed by atoms with Crippen LogP contribution in [0.15, 0.2) is 102 Å². The molecule has 310 valence electrons. The van der Waals surface area contributed by atoms with Gasteiger partial charge in [-0.1, -0.05) is 103 Å². The summed E-state index contributed by atoms with van der Waals surface area (Å²) in [6, 6.07) is 29.8. The number of aliphatic hydroxyl groups excluding tert-OH is 1. The number of benzene rings is 3. The molecule has 0 bridgehead atoms. The van der Waals surface area contributed by atoms with Crippen LogP contribution in [0.25, 0.3) is 11.2 Å². The molecule has 1 saturated heterocycles. The second-order valence-corrected chi connectivity index (χ2v) is 18.9. The van der Waals surface area contributed by atoms with Crippen LogP contribution in [-0.2, 0) is 33.5 Å². The number of nitrogen functional groups attached to an aromatic ring is 1. The molecule has 0 spiro atoms. The number of hydrogen-bond acceptors (Lipinski definition) is 13. The fourth-order valence-corrected chi connectivity index (χ4v) is 9.41. The van der Waals surface area contributed by atoms with Gasteiger partial charge >= 0.3 is 7.75 Å². The van der Waals surface area contributed by atoms with Crippen molar-refractivity contribution in [3.63, 3.8) is 0 Å². The molecule has 0 saturated carbocycles. The van der Waals surface area contributed by atoms with E-state index in [-0.39, 0.29) is 41.2 Å². The lowest BCUT2D eigenvalue weighted by atomic mass is 9.79. The summed E-state index contributed by atoms with van der Waals surface area (Å²) in [5.41, 5.74) is 3.30. The van der Waals surface area contributed by atoms with Crippen molar-refractivity contribution in [3.8, 4) is 0 Å². The van der Waals surface area contributed by atoms with Crippen molar-refractivity contribution in [1.82, 2.24) is 24.6 Å². The number of imidazole rings is 1. The van der Waals surface area contributed by atoms with E-state index >= 15 is 0 Å². The number of nitrogens with one attached hydrogen (secondary N) is 2. The highest BCUT2D eigenvalue weighted by molar-refractivity contribution is 8.13. The molecule has 3 aromatic carbocycles. The standard InChI is InChI=1S/C41H51N6O9PS/c1-38(2,3)46-57(52,55-24-30-32(48)40(6,51)35(56-30)47-26-43-31-33(47)44-37(42)45-34(31)49)54-22-23-58-36(50)39(4,5)25-53-41(27-16-10-7-11-17-27,28-18-12-8-13-19-28)29-20-14-9-15-21-29/h7-21,26,30,32,35,48,51H,22-25H2,1-6H3,(H,46,52)(H3,42,44,45,49)/t30-,32-,35-,40-,57?/m1/s1. The normalized spacial score (nSPS) is 21.3. The van der Waals surface area contributed by atoms with E-state index in [0.29, 0.717) is 0 Å². The minimum Gasteiger partial charge on any atom is -0.387 e. The fraction of sp³-hybridized carbons (Fsp3) is 0.415. The first-order valence-electron chi connectivity index (χ1n) is 18.8. The number of aromatic amines is 1. The van der Waals surface area contributed by atoms with Crippen LogP contribution >= 0.6 is 19.5 Å². The van der Waals surface area contributed by atoms with Crippen molar-refractivity contribution in [2.24, 2.45) is 5.41 Å². The van der Waals surface area contributed by atoms with Crippen LogP contribution in [0.2, 0.25) is 0 Å². The lowest BCUT2D eigenvalue weighted by Crippen LogP contribution is -2.44. The quantitative estimate of drug-likeness (QED) is 0.0470. The maximum Gasteiger partial charge on any atom is 0.406 e. The maximum absolute atomic E-state index is 14.1. The van der Waals surface area contributed by atoms with Gasteiger partial charge in [-0.25, -0.2) is 14.6 Å². The Morgan fingerprint density at radius 1 is 0.983 bits per heavy atom. The molecule has 6 rings (SSSR count). The summed E-state index contributed by atoms with van der Waals surface area (Å²) in [5.74, 6) is -0.0260. The van der Waals surface area contributed by atoms with E-state index in [9.17, 15) is 24.4 Å². The zero-order valence-corrected chi connectivity index (χ0v) is 35.0.